The zero-order valence-electron chi connectivity index (χ0n) is 22.2. The van der Waals surface area contributed by atoms with Crippen molar-refractivity contribution in [1.82, 2.24) is 0 Å². The van der Waals surface area contributed by atoms with Crippen LogP contribution in [-0.2, 0) is 11.8 Å². The lowest BCUT2D eigenvalue weighted by molar-refractivity contribution is 0.558. The molecule has 1 heteroatoms. The predicted octanol–water partition coefficient (Wildman–Crippen LogP) is 9.16. The van der Waals surface area contributed by atoms with E-state index in [1.165, 1.54) is 39.1 Å². The first-order valence-corrected chi connectivity index (χ1v) is 12.3. The van der Waals surface area contributed by atoms with Gasteiger partial charge in [0.2, 0.25) is 0 Å². The summed E-state index contributed by atoms with van der Waals surface area (Å²) in [6, 6.07) is 32.7. The quantitative estimate of drug-likeness (QED) is 0.302. The molecule has 0 aliphatic heterocycles. The molecule has 172 valence electrons. The van der Waals surface area contributed by atoms with Crippen LogP contribution in [0.3, 0.4) is 0 Å². The normalized spacial score (nSPS) is 15.3. The number of benzene rings is 4. The number of rotatable bonds is 4. The minimum atomic E-state index is -0.347. The van der Waals surface area contributed by atoms with Crippen LogP contribution in [0, 0.1) is 0 Å². The zero-order chi connectivity index (χ0) is 25.0. The number of hydrogen-bond donors (Lipinski definition) is 0. The monoisotopic (exact) mass is 446 g/mol. The summed E-state index contributed by atoms with van der Waals surface area (Å²) in [5.74, 6) is 0. The Hall–Kier alpha value is -3.32. The van der Waals surface area contributed by atoms with Crippen molar-refractivity contribution in [1.29, 1.82) is 0 Å². The first-order valence-electron chi connectivity index (χ1n) is 12.8. The van der Waals surface area contributed by atoms with E-state index in [-0.39, 0.29) is 17.4 Å². The van der Waals surface area contributed by atoms with Crippen molar-refractivity contribution in [2.45, 2.75) is 58.9 Å². The van der Waals surface area contributed by atoms with E-state index in [2.05, 4.69) is 131 Å². The number of fused-ring (bicyclic) bond motifs is 3. The summed E-state index contributed by atoms with van der Waals surface area (Å²) < 4.78 is 8.86. The Morgan fingerprint density at radius 3 is 2.00 bits per heavy atom. The Morgan fingerprint density at radius 1 is 0.706 bits per heavy atom. The first-order chi connectivity index (χ1) is 16.6. The maximum absolute atomic E-state index is 8.86. The Morgan fingerprint density at radius 2 is 1.32 bits per heavy atom. The average Bonchev–Trinajstić information content (AvgIpc) is 3.05. The molecule has 0 saturated heterocycles. The molecule has 0 N–H and O–H groups in total. The molecule has 34 heavy (non-hydrogen) atoms. The van der Waals surface area contributed by atoms with Crippen LogP contribution in [0.1, 0.15) is 59.6 Å². The fraction of sp³-hybridized carbons (Fsp3) is 0.273. The molecule has 4 aromatic rings. The van der Waals surface area contributed by atoms with E-state index < -0.39 is 0 Å². The highest BCUT2D eigenvalue weighted by molar-refractivity contribution is 5.88. The highest BCUT2D eigenvalue weighted by Gasteiger charge is 2.37. The van der Waals surface area contributed by atoms with Gasteiger partial charge in [0.25, 0.3) is 0 Å². The summed E-state index contributed by atoms with van der Waals surface area (Å²) in [5, 5.41) is 0. The third-order valence-corrected chi connectivity index (χ3v) is 7.18. The molecular weight excluding hydrogens is 410 g/mol. The number of aryl methyl sites for hydroxylation is 1. The summed E-state index contributed by atoms with van der Waals surface area (Å²) in [5.41, 5.74) is 10.7. The molecule has 1 aliphatic rings. The smallest absolute Gasteiger partial charge is 0.0495 e. The number of hydrogen-bond acceptors (Lipinski definition) is 1. The van der Waals surface area contributed by atoms with Gasteiger partial charge < -0.3 is 4.90 Å². The summed E-state index contributed by atoms with van der Waals surface area (Å²) in [6.45, 7) is 13.4. The van der Waals surface area contributed by atoms with Gasteiger partial charge in [-0.2, -0.15) is 0 Å². The van der Waals surface area contributed by atoms with Crippen molar-refractivity contribution in [3.8, 4) is 22.3 Å². The second kappa shape index (κ2) is 8.17. The van der Waals surface area contributed by atoms with Crippen LogP contribution in [0.15, 0.2) is 91.0 Å². The van der Waals surface area contributed by atoms with Crippen LogP contribution in [0.25, 0.3) is 22.3 Å². The molecule has 0 saturated carbocycles. The maximum atomic E-state index is 8.86. The molecule has 5 rings (SSSR count). The Kier molecular flexibility index (Phi) is 5.10. The van der Waals surface area contributed by atoms with Gasteiger partial charge in [-0.1, -0.05) is 93.6 Å². The Labute approximate surface area is 206 Å². The molecule has 4 aromatic carbocycles. The van der Waals surface area contributed by atoms with Crippen molar-refractivity contribution in [3.63, 3.8) is 0 Å². The van der Waals surface area contributed by atoms with Crippen molar-refractivity contribution < 1.29 is 1.37 Å². The molecule has 0 spiro atoms. The lowest BCUT2D eigenvalue weighted by Crippen LogP contribution is -2.38. The maximum Gasteiger partial charge on any atom is 0.0495 e. The van der Waals surface area contributed by atoms with Crippen LogP contribution in [-0.4, -0.2) is 5.54 Å². The second-order valence-electron chi connectivity index (χ2n) is 10.8. The van der Waals surface area contributed by atoms with Gasteiger partial charge in [-0.25, -0.2) is 0 Å². The van der Waals surface area contributed by atoms with Crippen molar-refractivity contribution in [2.24, 2.45) is 0 Å². The fourth-order valence-electron chi connectivity index (χ4n) is 5.56. The van der Waals surface area contributed by atoms with Gasteiger partial charge >= 0.3 is 0 Å². The average molecular weight is 447 g/mol. The molecular formula is C33H35N. The molecule has 1 atom stereocenters. The number of anilines is 2. The van der Waals surface area contributed by atoms with Crippen LogP contribution in [0.2, 0.25) is 0 Å². The third kappa shape index (κ3) is 3.55. The van der Waals surface area contributed by atoms with Gasteiger partial charge in [-0.05, 0) is 78.7 Å². The highest BCUT2D eigenvalue weighted by Crippen LogP contribution is 2.52. The minimum absolute atomic E-state index is 0.0903. The number of para-hydroxylation sites is 1. The zero-order valence-corrected chi connectivity index (χ0v) is 21.2. The van der Waals surface area contributed by atoms with E-state index in [1.807, 2.05) is 6.92 Å². The minimum Gasteiger partial charge on any atom is -0.335 e. The molecule has 0 amide bonds. The van der Waals surface area contributed by atoms with Crippen LogP contribution >= 0.6 is 0 Å². The molecule has 0 fully saturated rings. The van der Waals surface area contributed by atoms with Gasteiger partial charge in [0, 0.05) is 29.3 Å². The summed E-state index contributed by atoms with van der Waals surface area (Å²) in [7, 11) is 0. The second-order valence-corrected chi connectivity index (χ2v) is 10.8. The molecule has 1 unspecified atom stereocenters. The third-order valence-electron chi connectivity index (χ3n) is 7.18. The molecule has 0 bridgehead atoms. The summed E-state index contributed by atoms with van der Waals surface area (Å²) in [6.07, 6.45) is -0.347. The van der Waals surface area contributed by atoms with Crippen LogP contribution < -0.4 is 4.90 Å². The van der Waals surface area contributed by atoms with Crippen LogP contribution in [0.5, 0.6) is 0 Å². The topological polar surface area (TPSA) is 3.24 Å². The van der Waals surface area contributed by atoms with E-state index >= 15 is 0 Å². The standard InChI is InChI=1S/C33H35N/c1-7-23-21-27-26-18-11-13-19-28(26)33(5,6)29(27)22-31(23)34(32(2,3)4)30-20-14-12-17-25(30)24-15-9-8-10-16-24/h8-22H,7H2,1-6H3/i7D. The highest BCUT2D eigenvalue weighted by atomic mass is 15.2. The molecule has 1 nitrogen and oxygen atoms in total. The Bertz CT molecular complexity index is 1380. The van der Waals surface area contributed by atoms with E-state index in [0.717, 1.165) is 11.3 Å². The molecule has 0 heterocycles. The lowest BCUT2D eigenvalue weighted by Gasteiger charge is -2.41. The Balaban J connectivity index is 1.80. The molecule has 0 radical (unpaired) electrons. The van der Waals surface area contributed by atoms with Crippen molar-refractivity contribution in [2.75, 3.05) is 4.90 Å². The molecule has 1 aliphatic carbocycles. The largest absolute Gasteiger partial charge is 0.335 e. The van der Waals surface area contributed by atoms with E-state index in [0.29, 0.717) is 0 Å². The van der Waals surface area contributed by atoms with E-state index in [1.54, 1.807) is 0 Å². The first kappa shape index (κ1) is 21.2. The summed E-state index contributed by atoms with van der Waals surface area (Å²) >= 11 is 0. The van der Waals surface area contributed by atoms with E-state index in [4.69, 9.17) is 1.37 Å². The lowest BCUT2D eigenvalue weighted by atomic mass is 9.81. The predicted molar refractivity (Wildman–Crippen MR) is 147 cm³/mol. The van der Waals surface area contributed by atoms with Crippen molar-refractivity contribution >= 4 is 11.4 Å². The van der Waals surface area contributed by atoms with Gasteiger partial charge in [0.15, 0.2) is 0 Å². The SMILES string of the molecule is [2H]C(C)c1cc2c(cc1N(c1ccccc1-c1ccccc1)C(C)(C)C)C(C)(C)c1ccccc1-2. The van der Waals surface area contributed by atoms with Crippen molar-refractivity contribution in [3.05, 3.63) is 108 Å². The molecule has 0 aromatic heterocycles. The summed E-state index contributed by atoms with van der Waals surface area (Å²) in [4.78, 5) is 2.45. The van der Waals surface area contributed by atoms with Gasteiger partial charge in [0.1, 0.15) is 0 Å². The van der Waals surface area contributed by atoms with E-state index in [9.17, 15) is 0 Å². The fourth-order valence-corrected chi connectivity index (χ4v) is 5.56. The van der Waals surface area contributed by atoms with Crippen LogP contribution in [0.4, 0.5) is 11.4 Å². The number of nitrogens with zero attached hydrogens (tertiary/aromatic N) is 1. The van der Waals surface area contributed by atoms with Gasteiger partial charge in [-0.15, -0.1) is 0 Å². The van der Waals surface area contributed by atoms with Gasteiger partial charge in [0.05, 0.1) is 0 Å². The van der Waals surface area contributed by atoms with Gasteiger partial charge in [-0.3, -0.25) is 0 Å².